The molecular weight excluding hydrogens is 200 g/mol. The summed E-state index contributed by atoms with van der Waals surface area (Å²) in [6.45, 7) is 8.12. The van der Waals surface area contributed by atoms with Gasteiger partial charge in [0, 0.05) is 24.7 Å². The molecule has 0 aromatic carbocycles. The molecule has 2 N–H and O–H groups in total. The Kier molecular flexibility index (Phi) is 11.0. The Bertz CT molecular complexity index is 220. The third-order valence-corrected chi connectivity index (χ3v) is 1.08. The number of aliphatic hydroxyl groups excluding tert-OH is 1. The van der Waals surface area contributed by atoms with Crippen LogP contribution in [0.25, 0.3) is 0 Å². The van der Waals surface area contributed by atoms with Gasteiger partial charge in [-0.3, -0.25) is 0 Å². The van der Waals surface area contributed by atoms with Gasteiger partial charge >= 0.3 is 11.9 Å². The van der Waals surface area contributed by atoms with Crippen molar-refractivity contribution >= 4 is 11.9 Å². The maximum absolute atomic E-state index is 10.3. The molecule has 0 aliphatic rings. The second-order valence-corrected chi connectivity index (χ2v) is 2.53. The maximum Gasteiger partial charge on any atom is 0.330 e. The zero-order valence-corrected chi connectivity index (χ0v) is 8.73. The molecule has 0 atom stereocenters. The summed E-state index contributed by atoms with van der Waals surface area (Å²) in [6.07, 6.45) is 1.58. The first-order valence-corrected chi connectivity index (χ1v) is 4.24. The molecule has 0 saturated heterocycles. The van der Waals surface area contributed by atoms with E-state index < -0.39 is 11.9 Å². The largest absolute Gasteiger partial charge is 0.478 e. The first kappa shape index (κ1) is 15.8. The number of carbonyl (C=O) groups is 2. The fourth-order valence-corrected chi connectivity index (χ4v) is 0.296. The number of aliphatic hydroxyl groups is 1. The Balaban J connectivity index is 0. The van der Waals surface area contributed by atoms with Crippen LogP contribution in [-0.4, -0.2) is 35.4 Å². The number of carboxylic acids is 1. The second kappa shape index (κ2) is 10.5. The van der Waals surface area contributed by atoms with Crippen LogP contribution in [-0.2, 0) is 14.3 Å². The SMILES string of the molecule is C=C(C)C(=O)O.C=CC(=O)OCCCO. The number of hydrogen-bond donors (Lipinski definition) is 2. The van der Waals surface area contributed by atoms with Crippen LogP contribution < -0.4 is 0 Å². The number of carbonyl (C=O) groups excluding carboxylic acids is 1. The quantitative estimate of drug-likeness (QED) is 0.402. The van der Waals surface area contributed by atoms with Crippen molar-refractivity contribution in [2.75, 3.05) is 13.2 Å². The van der Waals surface area contributed by atoms with Gasteiger partial charge in [-0.05, 0) is 6.92 Å². The normalized spacial score (nSPS) is 8.13. The van der Waals surface area contributed by atoms with Crippen LogP contribution in [0.5, 0.6) is 0 Å². The Morgan fingerprint density at radius 2 is 1.93 bits per heavy atom. The van der Waals surface area contributed by atoms with E-state index in [9.17, 15) is 9.59 Å². The van der Waals surface area contributed by atoms with Crippen molar-refractivity contribution in [1.29, 1.82) is 0 Å². The topological polar surface area (TPSA) is 83.8 Å². The first-order valence-electron chi connectivity index (χ1n) is 4.24. The predicted octanol–water partition coefficient (Wildman–Crippen LogP) is 0.745. The standard InChI is InChI=1S/C6H10O3.C4H6O2/c1-2-6(8)9-5-3-4-7;1-3(2)4(5)6/h2,7H,1,3-5H2;1H2,2H3,(H,5,6). The van der Waals surface area contributed by atoms with Gasteiger partial charge in [0.15, 0.2) is 0 Å². The minimum atomic E-state index is -0.935. The van der Waals surface area contributed by atoms with E-state index in [0.29, 0.717) is 6.42 Å². The maximum atomic E-state index is 10.3. The van der Waals surface area contributed by atoms with Crippen LogP contribution in [0.1, 0.15) is 13.3 Å². The van der Waals surface area contributed by atoms with E-state index in [-0.39, 0.29) is 18.8 Å². The molecule has 0 spiro atoms. The van der Waals surface area contributed by atoms with Crippen molar-refractivity contribution in [1.82, 2.24) is 0 Å². The zero-order chi connectivity index (χ0) is 12.3. The number of esters is 1. The Morgan fingerprint density at radius 1 is 1.47 bits per heavy atom. The summed E-state index contributed by atoms with van der Waals surface area (Å²) >= 11 is 0. The van der Waals surface area contributed by atoms with Gasteiger partial charge in [0.1, 0.15) is 0 Å². The summed E-state index contributed by atoms with van der Waals surface area (Å²) in [5, 5.41) is 16.1. The van der Waals surface area contributed by atoms with E-state index in [4.69, 9.17) is 10.2 Å². The lowest BCUT2D eigenvalue weighted by atomic mass is 10.4. The molecule has 0 aromatic heterocycles. The molecule has 0 aromatic rings. The molecule has 15 heavy (non-hydrogen) atoms. The van der Waals surface area contributed by atoms with E-state index in [1.165, 1.54) is 6.92 Å². The summed E-state index contributed by atoms with van der Waals surface area (Å²) in [7, 11) is 0. The fraction of sp³-hybridized carbons (Fsp3) is 0.400. The summed E-state index contributed by atoms with van der Waals surface area (Å²) < 4.78 is 4.51. The van der Waals surface area contributed by atoms with Crippen LogP contribution in [0.15, 0.2) is 24.8 Å². The van der Waals surface area contributed by atoms with Gasteiger partial charge in [-0.15, -0.1) is 0 Å². The van der Waals surface area contributed by atoms with Crippen LogP contribution >= 0.6 is 0 Å². The molecule has 5 nitrogen and oxygen atoms in total. The summed E-state index contributed by atoms with van der Waals surface area (Å²) in [6, 6.07) is 0. The van der Waals surface area contributed by atoms with Crippen LogP contribution in [0.3, 0.4) is 0 Å². The number of rotatable bonds is 5. The monoisotopic (exact) mass is 216 g/mol. The highest BCUT2D eigenvalue weighted by Gasteiger charge is 1.92. The van der Waals surface area contributed by atoms with Crippen molar-refractivity contribution in [3.63, 3.8) is 0 Å². The van der Waals surface area contributed by atoms with Crippen LogP contribution in [0, 0.1) is 0 Å². The molecule has 0 radical (unpaired) electrons. The van der Waals surface area contributed by atoms with Crippen molar-refractivity contribution in [3.05, 3.63) is 24.8 Å². The van der Waals surface area contributed by atoms with E-state index in [2.05, 4.69) is 17.9 Å². The number of carboxylic acid groups (broad SMARTS) is 1. The zero-order valence-electron chi connectivity index (χ0n) is 8.73. The molecule has 0 unspecified atom stereocenters. The van der Waals surface area contributed by atoms with Gasteiger partial charge in [0.05, 0.1) is 6.61 Å². The highest BCUT2D eigenvalue weighted by molar-refractivity contribution is 5.84. The Labute approximate surface area is 88.7 Å². The minimum Gasteiger partial charge on any atom is -0.478 e. The van der Waals surface area contributed by atoms with Crippen molar-refractivity contribution in [3.8, 4) is 0 Å². The molecule has 0 rings (SSSR count). The van der Waals surface area contributed by atoms with Gasteiger partial charge in [0.2, 0.25) is 0 Å². The number of hydrogen-bond acceptors (Lipinski definition) is 4. The minimum absolute atomic E-state index is 0.0461. The van der Waals surface area contributed by atoms with Crippen molar-refractivity contribution in [2.24, 2.45) is 0 Å². The molecule has 0 aliphatic carbocycles. The van der Waals surface area contributed by atoms with Crippen LogP contribution in [0.4, 0.5) is 0 Å². The lowest BCUT2D eigenvalue weighted by Crippen LogP contribution is -2.02. The molecule has 5 heteroatoms. The third-order valence-electron chi connectivity index (χ3n) is 1.08. The molecule has 0 amide bonds. The molecule has 0 aliphatic heterocycles. The number of aliphatic carboxylic acids is 1. The third kappa shape index (κ3) is 15.2. The fourth-order valence-electron chi connectivity index (χ4n) is 0.296. The van der Waals surface area contributed by atoms with Gasteiger partial charge in [-0.2, -0.15) is 0 Å². The predicted molar refractivity (Wildman–Crippen MR) is 55.3 cm³/mol. The van der Waals surface area contributed by atoms with E-state index in [1.54, 1.807) is 0 Å². The van der Waals surface area contributed by atoms with Gasteiger partial charge < -0.3 is 14.9 Å². The van der Waals surface area contributed by atoms with E-state index in [1.807, 2.05) is 0 Å². The second-order valence-electron chi connectivity index (χ2n) is 2.53. The van der Waals surface area contributed by atoms with Crippen molar-refractivity contribution in [2.45, 2.75) is 13.3 Å². The molecule has 86 valence electrons. The summed E-state index contributed by atoms with van der Waals surface area (Å²) in [5.41, 5.74) is 0.176. The summed E-state index contributed by atoms with van der Waals surface area (Å²) in [5.74, 6) is -1.38. The Hall–Kier alpha value is -1.62. The molecule has 0 heterocycles. The molecule has 0 bridgehead atoms. The average molecular weight is 216 g/mol. The highest BCUT2D eigenvalue weighted by Crippen LogP contribution is 1.82. The summed E-state index contributed by atoms with van der Waals surface area (Å²) in [4.78, 5) is 19.9. The first-order chi connectivity index (χ1) is 6.95. The van der Waals surface area contributed by atoms with Gasteiger partial charge in [-0.1, -0.05) is 13.2 Å². The van der Waals surface area contributed by atoms with Crippen LogP contribution in [0.2, 0.25) is 0 Å². The van der Waals surface area contributed by atoms with Gasteiger partial charge in [0.25, 0.3) is 0 Å². The average Bonchev–Trinajstić information content (AvgIpc) is 2.18. The lowest BCUT2D eigenvalue weighted by Gasteiger charge is -1.96. The van der Waals surface area contributed by atoms with Crippen molar-refractivity contribution < 1.29 is 24.5 Å². The Morgan fingerprint density at radius 3 is 2.20 bits per heavy atom. The molecular formula is C10H16O5. The lowest BCUT2D eigenvalue weighted by molar-refractivity contribution is -0.138. The van der Waals surface area contributed by atoms with Gasteiger partial charge in [-0.25, -0.2) is 9.59 Å². The highest BCUT2D eigenvalue weighted by atomic mass is 16.5. The smallest absolute Gasteiger partial charge is 0.330 e. The number of ether oxygens (including phenoxy) is 1. The van der Waals surface area contributed by atoms with E-state index in [0.717, 1.165) is 6.08 Å². The molecule has 0 fully saturated rings. The van der Waals surface area contributed by atoms with E-state index >= 15 is 0 Å². The molecule has 0 saturated carbocycles.